The predicted octanol–water partition coefficient (Wildman–Crippen LogP) is 5.29. The molecule has 0 bridgehead atoms. The second-order valence-electron chi connectivity index (χ2n) is 11.0. The van der Waals surface area contributed by atoms with Gasteiger partial charge in [0.2, 0.25) is 0 Å². The van der Waals surface area contributed by atoms with Crippen molar-refractivity contribution >= 4 is 17.5 Å². The molecule has 0 aromatic carbocycles. The Kier molecular flexibility index (Phi) is 5.74. The van der Waals surface area contributed by atoms with Gasteiger partial charge in [-0.1, -0.05) is 33.3 Å². The third-order valence-electron chi connectivity index (χ3n) is 9.72. The molecule has 0 radical (unpaired) electrons. The summed E-state index contributed by atoms with van der Waals surface area (Å²) in [6.45, 7) is 8.49. The van der Waals surface area contributed by atoms with Crippen LogP contribution in [-0.2, 0) is 19.1 Å². The number of esters is 1. The summed E-state index contributed by atoms with van der Waals surface area (Å²) in [5.74, 6) is 1.92. The van der Waals surface area contributed by atoms with Gasteiger partial charge >= 0.3 is 5.97 Å². The van der Waals surface area contributed by atoms with Crippen molar-refractivity contribution in [1.82, 2.24) is 0 Å². The van der Waals surface area contributed by atoms with E-state index in [1.54, 1.807) is 0 Å². The van der Waals surface area contributed by atoms with Crippen molar-refractivity contribution in [3.63, 3.8) is 0 Å². The van der Waals surface area contributed by atoms with Gasteiger partial charge in [0, 0.05) is 12.3 Å². The van der Waals surface area contributed by atoms with Crippen LogP contribution in [0.15, 0.2) is 11.6 Å². The van der Waals surface area contributed by atoms with Gasteiger partial charge in [-0.2, -0.15) is 0 Å². The summed E-state index contributed by atoms with van der Waals surface area (Å²) in [6.07, 6.45) is 10.8. The summed E-state index contributed by atoms with van der Waals surface area (Å²) in [5.41, 5.74) is 1.60. The number of rotatable bonds is 5. The molecule has 7 atom stereocenters. The topological polar surface area (TPSA) is 60.4 Å². The minimum Gasteiger partial charge on any atom is -0.457 e. The van der Waals surface area contributed by atoms with E-state index in [1.165, 1.54) is 5.57 Å². The maximum atomic E-state index is 13.1. The van der Waals surface area contributed by atoms with Crippen molar-refractivity contribution in [2.45, 2.75) is 85.5 Å². The number of carbonyl (C=O) groups excluding carboxylic acids is 3. The zero-order chi connectivity index (χ0) is 21.7. The Morgan fingerprint density at radius 3 is 2.60 bits per heavy atom. The monoisotopic (exact) mass is 414 g/mol. The molecule has 3 saturated carbocycles. The van der Waals surface area contributed by atoms with Gasteiger partial charge in [0.05, 0.1) is 5.92 Å². The highest BCUT2D eigenvalue weighted by molar-refractivity contribution is 5.91. The molecule has 0 heterocycles. The lowest BCUT2D eigenvalue weighted by atomic mass is 9.46. The fourth-order valence-electron chi connectivity index (χ4n) is 7.64. The highest BCUT2D eigenvalue weighted by Crippen LogP contribution is 2.66. The van der Waals surface area contributed by atoms with Gasteiger partial charge in [-0.3, -0.25) is 14.4 Å². The van der Waals surface area contributed by atoms with Crippen LogP contribution in [0, 0.1) is 40.4 Å². The smallest absolute Gasteiger partial charge is 0.309 e. The Balaban J connectivity index is 1.48. The average molecular weight is 415 g/mol. The lowest BCUT2D eigenvalue weighted by Crippen LogP contribution is -2.51. The molecule has 4 heteroatoms. The van der Waals surface area contributed by atoms with Crippen LogP contribution in [0.25, 0.3) is 0 Å². The molecule has 0 amide bonds. The fraction of sp³-hybridized carbons (Fsp3) is 0.808. The average Bonchev–Trinajstić information content (AvgIpc) is 3.09. The number of Topliss-reactive ketones (excluding diaryl/α,β-unsaturated/α-hetero) is 1. The molecule has 4 aliphatic carbocycles. The molecule has 4 nitrogen and oxygen atoms in total. The summed E-state index contributed by atoms with van der Waals surface area (Å²) < 4.78 is 5.37. The Hall–Kier alpha value is -1.45. The minimum atomic E-state index is -0.249. The van der Waals surface area contributed by atoms with Gasteiger partial charge in [-0.05, 0) is 86.0 Å². The first-order valence-corrected chi connectivity index (χ1v) is 12.1. The van der Waals surface area contributed by atoms with Crippen molar-refractivity contribution < 1.29 is 19.1 Å². The van der Waals surface area contributed by atoms with E-state index in [1.807, 2.05) is 19.9 Å². The summed E-state index contributed by atoms with van der Waals surface area (Å²) >= 11 is 0. The Labute approximate surface area is 181 Å². The van der Waals surface area contributed by atoms with Gasteiger partial charge in [-0.25, -0.2) is 0 Å². The van der Waals surface area contributed by atoms with Crippen molar-refractivity contribution in [2.75, 3.05) is 6.61 Å². The first-order valence-electron chi connectivity index (χ1n) is 12.1. The van der Waals surface area contributed by atoms with E-state index in [9.17, 15) is 14.4 Å². The van der Waals surface area contributed by atoms with Crippen LogP contribution in [0.5, 0.6) is 0 Å². The number of allylic oxidation sites excluding steroid dienone is 1. The van der Waals surface area contributed by atoms with Crippen molar-refractivity contribution in [3.8, 4) is 0 Å². The van der Waals surface area contributed by atoms with Gasteiger partial charge < -0.3 is 4.74 Å². The summed E-state index contributed by atoms with van der Waals surface area (Å²) in [5, 5.41) is 0. The number of ketones is 2. The van der Waals surface area contributed by atoms with Crippen molar-refractivity contribution in [2.24, 2.45) is 40.4 Å². The molecular weight excluding hydrogens is 376 g/mol. The maximum absolute atomic E-state index is 13.1. The summed E-state index contributed by atoms with van der Waals surface area (Å²) in [7, 11) is 0. The molecule has 0 aromatic heterocycles. The lowest BCUT2D eigenvalue weighted by molar-refractivity contribution is -0.154. The summed E-state index contributed by atoms with van der Waals surface area (Å²) in [4.78, 5) is 37.1. The Morgan fingerprint density at radius 1 is 1.10 bits per heavy atom. The van der Waals surface area contributed by atoms with Crippen molar-refractivity contribution in [3.05, 3.63) is 11.6 Å². The lowest BCUT2D eigenvalue weighted by Gasteiger charge is -2.58. The number of ether oxygens (including phenoxy) is 1. The fourth-order valence-corrected chi connectivity index (χ4v) is 7.64. The van der Waals surface area contributed by atoms with Crippen LogP contribution >= 0.6 is 0 Å². The number of fused-ring (bicyclic) bond motifs is 5. The number of hydrogen-bond donors (Lipinski definition) is 0. The van der Waals surface area contributed by atoms with E-state index in [2.05, 4.69) is 13.8 Å². The standard InChI is InChI=1S/C26H38O4/c1-5-16(2)24(29)30-15-23(28)22-9-8-20-19-7-6-17-14-18(27)10-12-25(17,3)21(19)11-13-26(20,22)4/h14,16,19-22H,5-13,15H2,1-4H3. The number of carbonyl (C=O) groups is 3. The van der Waals surface area contributed by atoms with Crippen molar-refractivity contribution in [1.29, 1.82) is 0 Å². The Bertz CT molecular complexity index is 767. The molecule has 3 fully saturated rings. The second kappa shape index (κ2) is 7.91. The van der Waals surface area contributed by atoms with Gasteiger partial charge in [0.25, 0.3) is 0 Å². The molecule has 166 valence electrons. The van der Waals surface area contributed by atoms with Gasteiger partial charge in [-0.15, -0.1) is 0 Å². The summed E-state index contributed by atoms with van der Waals surface area (Å²) in [6, 6.07) is 0. The molecule has 4 rings (SSSR count). The highest BCUT2D eigenvalue weighted by atomic mass is 16.5. The molecule has 0 saturated heterocycles. The first-order chi connectivity index (χ1) is 14.2. The highest BCUT2D eigenvalue weighted by Gasteiger charge is 2.60. The SMILES string of the molecule is CCC(C)C(=O)OCC(=O)C1CCC2C3CCC4=CC(=O)CCC4(C)C3CCC12C. The van der Waals surface area contributed by atoms with Crippen LogP contribution in [0.1, 0.15) is 85.5 Å². The third kappa shape index (κ3) is 3.39. The first kappa shape index (κ1) is 21.8. The van der Waals surface area contributed by atoms with E-state index in [0.29, 0.717) is 30.0 Å². The zero-order valence-corrected chi connectivity index (χ0v) is 19.2. The minimum absolute atomic E-state index is 0.0193. The van der Waals surface area contributed by atoms with Crippen LogP contribution in [0.3, 0.4) is 0 Å². The molecule has 0 aromatic rings. The van der Waals surface area contributed by atoms with Gasteiger partial charge in [0.15, 0.2) is 11.6 Å². The largest absolute Gasteiger partial charge is 0.457 e. The maximum Gasteiger partial charge on any atom is 0.309 e. The Morgan fingerprint density at radius 2 is 1.87 bits per heavy atom. The number of hydrogen-bond acceptors (Lipinski definition) is 4. The van der Waals surface area contributed by atoms with Crippen LogP contribution in [0.4, 0.5) is 0 Å². The molecule has 0 N–H and O–H groups in total. The van der Waals surface area contributed by atoms with Gasteiger partial charge in [0.1, 0.15) is 6.61 Å². The molecular formula is C26H38O4. The second-order valence-corrected chi connectivity index (χ2v) is 11.0. The quantitative estimate of drug-likeness (QED) is 0.573. The normalized spacial score (nSPS) is 41.2. The van der Waals surface area contributed by atoms with E-state index < -0.39 is 0 Å². The zero-order valence-electron chi connectivity index (χ0n) is 19.2. The predicted molar refractivity (Wildman–Crippen MR) is 116 cm³/mol. The van der Waals surface area contributed by atoms with Crippen LogP contribution < -0.4 is 0 Å². The third-order valence-corrected chi connectivity index (χ3v) is 9.72. The molecule has 4 aliphatic rings. The van der Waals surface area contributed by atoms with E-state index >= 15 is 0 Å². The molecule has 0 aliphatic heterocycles. The van der Waals surface area contributed by atoms with E-state index in [-0.39, 0.29) is 41.0 Å². The van der Waals surface area contributed by atoms with E-state index in [0.717, 1.165) is 51.4 Å². The molecule has 0 spiro atoms. The van der Waals surface area contributed by atoms with E-state index in [4.69, 9.17) is 4.74 Å². The van der Waals surface area contributed by atoms with Crippen LogP contribution in [-0.4, -0.2) is 24.1 Å². The molecule has 30 heavy (non-hydrogen) atoms. The van der Waals surface area contributed by atoms with Crippen LogP contribution in [0.2, 0.25) is 0 Å². The molecule has 7 unspecified atom stereocenters.